The van der Waals surface area contributed by atoms with Crippen molar-refractivity contribution in [2.24, 2.45) is 23.0 Å². The molecule has 0 atom stereocenters. The molecular formula is C15H30N2O. The minimum Gasteiger partial charge on any atom is -0.354 e. The second-order valence-corrected chi connectivity index (χ2v) is 7.62. The van der Waals surface area contributed by atoms with Crippen molar-refractivity contribution >= 4 is 5.91 Å². The van der Waals surface area contributed by atoms with Crippen molar-refractivity contribution in [1.29, 1.82) is 0 Å². The molecule has 1 aliphatic rings. The van der Waals surface area contributed by atoms with Gasteiger partial charge < -0.3 is 11.1 Å². The summed E-state index contributed by atoms with van der Waals surface area (Å²) in [5.41, 5.74) is 5.93. The van der Waals surface area contributed by atoms with Gasteiger partial charge in [0.05, 0.1) is 0 Å². The van der Waals surface area contributed by atoms with Crippen molar-refractivity contribution in [2.45, 2.75) is 65.8 Å². The Hall–Kier alpha value is -0.570. The number of carbonyl (C=O) groups excluding carboxylic acids is 1. The van der Waals surface area contributed by atoms with E-state index in [1.54, 1.807) is 0 Å². The lowest BCUT2D eigenvalue weighted by molar-refractivity contribution is -0.126. The Kier molecular flexibility index (Phi) is 4.82. The molecule has 1 saturated carbocycles. The molecule has 1 rings (SSSR count). The van der Waals surface area contributed by atoms with Crippen molar-refractivity contribution < 1.29 is 4.79 Å². The second kappa shape index (κ2) is 5.60. The number of hydrogen-bond acceptors (Lipinski definition) is 2. The van der Waals surface area contributed by atoms with E-state index in [4.69, 9.17) is 5.73 Å². The highest BCUT2D eigenvalue weighted by Gasteiger charge is 2.32. The molecule has 0 aliphatic heterocycles. The predicted octanol–water partition coefficient (Wildman–Crippen LogP) is 2.69. The largest absolute Gasteiger partial charge is 0.354 e. The maximum atomic E-state index is 12.0. The fraction of sp³-hybridized carbons (Fsp3) is 0.933. The zero-order valence-electron chi connectivity index (χ0n) is 12.7. The molecule has 1 fully saturated rings. The van der Waals surface area contributed by atoms with Crippen LogP contribution in [0, 0.1) is 17.3 Å². The monoisotopic (exact) mass is 254 g/mol. The topological polar surface area (TPSA) is 55.1 Å². The Morgan fingerprint density at radius 2 is 1.61 bits per heavy atom. The third kappa shape index (κ3) is 4.97. The molecule has 0 aromatic heterocycles. The van der Waals surface area contributed by atoms with Crippen LogP contribution in [0.3, 0.4) is 0 Å². The van der Waals surface area contributed by atoms with Crippen LogP contribution in [0.25, 0.3) is 0 Å². The molecule has 0 heterocycles. The fourth-order valence-electron chi connectivity index (χ4n) is 2.68. The molecule has 0 radical (unpaired) electrons. The molecular weight excluding hydrogens is 224 g/mol. The molecule has 0 bridgehead atoms. The molecule has 18 heavy (non-hydrogen) atoms. The Bertz CT molecular complexity index is 278. The molecule has 0 aromatic carbocycles. The minimum absolute atomic E-state index is 0.195. The molecule has 3 nitrogen and oxygen atoms in total. The summed E-state index contributed by atoms with van der Waals surface area (Å²) >= 11 is 0. The molecule has 0 unspecified atom stereocenters. The van der Waals surface area contributed by atoms with E-state index < -0.39 is 0 Å². The van der Waals surface area contributed by atoms with E-state index >= 15 is 0 Å². The summed E-state index contributed by atoms with van der Waals surface area (Å²) < 4.78 is 0. The Morgan fingerprint density at radius 3 is 2.00 bits per heavy atom. The zero-order valence-corrected chi connectivity index (χ0v) is 12.7. The Labute approximate surface area is 112 Å². The number of rotatable bonds is 3. The normalized spacial score (nSPS) is 25.9. The lowest BCUT2D eigenvalue weighted by atomic mass is 9.69. The van der Waals surface area contributed by atoms with Crippen molar-refractivity contribution in [1.82, 2.24) is 5.32 Å². The molecule has 3 heteroatoms. The van der Waals surface area contributed by atoms with Gasteiger partial charge in [-0.05, 0) is 50.9 Å². The van der Waals surface area contributed by atoms with Gasteiger partial charge in [-0.3, -0.25) is 4.79 Å². The van der Waals surface area contributed by atoms with Gasteiger partial charge in [-0.1, -0.05) is 20.8 Å². The van der Waals surface area contributed by atoms with Crippen molar-refractivity contribution in [3.63, 3.8) is 0 Å². The average molecular weight is 254 g/mol. The van der Waals surface area contributed by atoms with Gasteiger partial charge in [0, 0.05) is 18.0 Å². The van der Waals surface area contributed by atoms with Gasteiger partial charge in [-0.2, -0.15) is 0 Å². The Morgan fingerprint density at radius 1 is 1.11 bits per heavy atom. The summed E-state index contributed by atoms with van der Waals surface area (Å²) in [6.45, 7) is 11.3. The summed E-state index contributed by atoms with van der Waals surface area (Å²) in [6.07, 6.45) is 4.40. The minimum atomic E-state index is -0.321. The molecule has 106 valence electrons. The molecule has 3 N–H and O–H groups in total. The van der Waals surface area contributed by atoms with Gasteiger partial charge in [0.1, 0.15) is 0 Å². The Balaban J connectivity index is 2.37. The number of carbonyl (C=O) groups is 1. The summed E-state index contributed by atoms with van der Waals surface area (Å²) in [5, 5.41) is 2.98. The first-order chi connectivity index (χ1) is 8.09. The SMILES string of the molecule is CC(C)(N)CNC(=O)C1CCC(C(C)(C)C)CC1. The van der Waals surface area contributed by atoms with Crippen LogP contribution >= 0.6 is 0 Å². The van der Waals surface area contributed by atoms with Gasteiger partial charge in [-0.25, -0.2) is 0 Å². The van der Waals surface area contributed by atoms with E-state index in [-0.39, 0.29) is 17.4 Å². The van der Waals surface area contributed by atoms with Crippen LogP contribution in [0.2, 0.25) is 0 Å². The number of amides is 1. The summed E-state index contributed by atoms with van der Waals surface area (Å²) in [6, 6.07) is 0. The third-order valence-electron chi connectivity index (χ3n) is 4.04. The quantitative estimate of drug-likeness (QED) is 0.813. The van der Waals surface area contributed by atoms with Gasteiger partial charge >= 0.3 is 0 Å². The van der Waals surface area contributed by atoms with Crippen LogP contribution in [0.5, 0.6) is 0 Å². The summed E-state index contributed by atoms with van der Waals surface area (Å²) in [7, 11) is 0. The smallest absolute Gasteiger partial charge is 0.223 e. The van der Waals surface area contributed by atoms with E-state index in [1.165, 1.54) is 12.8 Å². The van der Waals surface area contributed by atoms with E-state index in [0.717, 1.165) is 18.8 Å². The summed E-state index contributed by atoms with van der Waals surface area (Å²) in [5.74, 6) is 1.15. The second-order valence-electron chi connectivity index (χ2n) is 7.62. The van der Waals surface area contributed by atoms with Gasteiger partial charge in [0.2, 0.25) is 5.91 Å². The maximum Gasteiger partial charge on any atom is 0.223 e. The van der Waals surface area contributed by atoms with E-state index in [1.807, 2.05) is 13.8 Å². The predicted molar refractivity (Wildman–Crippen MR) is 76.2 cm³/mol. The maximum absolute atomic E-state index is 12.0. The standard InChI is InChI=1S/C15H30N2O/c1-14(2,3)12-8-6-11(7-9-12)13(18)17-10-15(4,5)16/h11-12H,6-10,16H2,1-5H3,(H,17,18). The number of hydrogen-bond donors (Lipinski definition) is 2. The first-order valence-electron chi connectivity index (χ1n) is 7.16. The van der Waals surface area contributed by atoms with Crippen LogP contribution < -0.4 is 11.1 Å². The molecule has 1 amide bonds. The molecule has 0 aromatic rings. The highest BCUT2D eigenvalue weighted by atomic mass is 16.1. The van der Waals surface area contributed by atoms with E-state index in [9.17, 15) is 4.79 Å². The van der Waals surface area contributed by atoms with Crippen molar-refractivity contribution in [3.8, 4) is 0 Å². The third-order valence-corrected chi connectivity index (χ3v) is 4.04. The molecule has 0 spiro atoms. The molecule has 1 aliphatic carbocycles. The lowest BCUT2D eigenvalue weighted by Crippen LogP contribution is -2.47. The average Bonchev–Trinajstić information content (AvgIpc) is 2.24. The first-order valence-corrected chi connectivity index (χ1v) is 7.16. The van der Waals surface area contributed by atoms with Gasteiger partial charge in [0.15, 0.2) is 0 Å². The van der Waals surface area contributed by atoms with Crippen LogP contribution in [-0.2, 0) is 4.79 Å². The lowest BCUT2D eigenvalue weighted by Gasteiger charge is -2.36. The molecule has 0 saturated heterocycles. The number of nitrogens with two attached hydrogens (primary N) is 1. The number of nitrogens with one attached hydrogen (secondary N) is 1. The van der Waals surface area contributed by atoms with E-state index in [0.29, 0.717) is 12.0 Å². The van der Waals surface area contributed by atoms with Crippen LogP contribution in [0.15, 0.2) is 0 Å². The zero-order chi connectivity index (χ0) is 14.0. The van der Waals surface area contributed by atoms with Gasteiger partial charge in [0.25, 0.3) is 0 Å². The highest BCUT2D eigenvalue weighted by Crippen LogP contribution is 2.39. The van der Waals surface area contributed by atoms with E-state index in [2.05, 4.69) is 26.1 Å². The van der Waals surface area contributed by atoms with Crippen LogP contribution in [-0.4, -0.2) is 18.0 Å². The van der Waals surface area contributed by atoms with Crippen LogP contribution in [0.1, 0.15) is 60.3 Å². The van der Waals surface area contributed by atoms with Crippen molar-refractivity contribution in [3.05, 3.63) is 0 Å². The first kappa shape index (κ1) is 15.5. The highest BCUT2D eigenvalue weighted by molar-refractivity contribution is 5.78. The summed E-state index contributed by atoms with van der Waals surface area (Å²) in [4.78, 5) is 12.0. The van der Waals surface area contributed by atoms with Crippen molar-refractivity contribution in [2.75, 3.05) is 6.54 Å². The fourth-order valence-corrected chi connectivity index (χ4v) is 2.68. The van der Waals surface area contributed by atoms with Gasteiger partial charge in [-0.15, -0.1) is 0 Å². The van der Waals surface area contributed by atoms with Crippen LogP contribution in [0.4, 0.5) is 0 Å².